The maximum atomic E-state index is 5.73. The van der Waals surface area contributed by atoms with E-state index in [1.165, 1.54) is 0 Å². The minimum Gasteiger partial charge on any atom is -0.492 e. The van der Waals surface area contributed by atoms with Gasteiger partial charge in [0.25, 0.3) is 0 Å². The van der Waals surface area contributed by atoms with Gasteiger partial charge >= 0.3 is 0 Å². The molecule has 1 aromatic rings. The molecule has 0 amide bonds. The van der Waals surface area contributed by atoms with Crippen molar-refractivity contribution in [2.24, 2.45) is 0 Å². The Morgan fingerprint density at radius 3 is 3.12 bits per heavy atom. The number of hydrogen-bond donors (Lipinski definition) is 1. The maximum absolute atomic E-state index is 5.73. The molecule has 1 aromatic heterocycles. The molecule has 2 heterocycles. The van der Waals surface area contributed by atoms with E-state index in [2.05, 4.69) is 10.3 Å². The third kappa shape index (κ3) is 2.96. The lowest BCUT2D eigenvalue weighted by Gasteiger charge is -2.22. The van der Waals surface area contributed by atoms with Crippen molar-refractivity contribution in [2.75, 3.05) is 20.3 Å². The van der Waals surface area contributed by atoms with E-state index in [-0.39, 0.29) is 12.1 Å². The van der Waals surface area contributed by atoms with Gasteiger partial charge in [0.15, 0.2) is 0 Å². The molecule has 0 aromatic carbocycles. The van der Waals surface area contributed by atoms with E-state index in [1.807, 2.05) is 26.2 Å². The Hall–Kier alpha value is -1.13. The Kier molecular flexibility index (Phi) is 4.34. The molecule has 1 aliphatic heterocycles. The Bertz CT molecular complexity index is 351. The average molecular weight is 236 g/mol. The van der Waals surface area contributed by atoms with Gasteiger partial charge in [-0.1, -0.05) is 0 Å². The molecular weight excluding hydrogens is 216 g/mol. The minimum atomic E-state index is 0.199. The second-order valence-electron chi connectivity index (χ2n) is 4.20. The van der Waals surface area contributed by atoms with Crippen LogP contribution in [0.15, 0.2) is 18.5 Å². The van der Waals surface area contributed by atoms with Crippen LogP contribution in [0.3, 0.4) is 0 Å². The van der Waals surface area contributed by atoms with Gasteiger partial charge in [-0.15, -0.1) is 0 Å². The molecule has 2 atom stereocenters. The number of aromatic nitrogens is 1. The summed E-state index contributed by atoms with van der Waals surface area (Å²) >= 11 is 0. The zero-order valence-electron chi connectivity index (χ0n) is 10.5. The van der Waals surface area contributed by atoms with Gasteiger partial charge in [-0.2, -0.15) is 0 Å². The number of rotatable bonds is 5. The van der Waals surface area contributed by atoms with E-state index >= 15 is 0 Å². The fraction of sp³-hybridized carbons (Fsp3) is 0.615. The summed E-state index contributed by atoms with van der Waals surface area (Å²) in [4.78, 5) is 4.22. The summed E-state index contributed by atoms with van der Waals surface area (Å²) in [7, 11) is 1.96. The van der Waals surface area contributed by atoms with Crippen LogP contribution in [0.5, 0.6) is 5.75 Å². The zero-order chi connectivity index (χ0) is 12.1. The van der Waals surface area contributed by atoms with E-state index in [9.17, 15) is 0 Å². The van der Waals surface area contributed by atoms with E-state index in [1.54, 1.807) is 6.20 Å². The summed E-state index contributed by atoms with van der Waals surface area (Å²) in [5.74, 6) is 0.822. The van der Waals surface area contributed by atoms with Crippen molar-refractivity contribution < 1.29 is 9.47 Å². The van der Waals surface area contributed by atoms with Crippen molar-refractivity contribution in [1.82, 2.24) is 10.3 Å². The van der Waals surface area contributed by atoms with Gasteiger partial charge in [0, 0.05) is 12.8 Å². The van der Waals surface area contributed by atoms with Crippen molar-refractivity contribution >= 4 is 0 Å². The summed E-state index contributed by atoms with van der Waals surface area (Å²) in [6.07, 6.45) is 6.12. The van der Waals surface area contributed by atoms with Crippen LogP contribution in [0.25, 0.3) is 0 Å². The summed E-state index contributed by atoms with van der Waals surface area (Å²) in [5, 5.41) is 3.31. The van der Waals surface area contributed by atoms with Crippen LogP contribution >= 0.6 is 0 Å². The summed E-state index contributed by atoms with van der Waals surface area (Å²) in [6, 6.07) is 2.24. The third-order valence-corrected chi connectivity index (χ3v) is 3.05. The first-order valence-electron chi connectivity index (χ1n) is 6.21. The van der Waals surface area contributed by atoms with Crippen LogP contribution < -0.4 is 10.1 Å². The second-order valence-corrected chi connectivity index (χ2v) is 4.20. The van der Waals surface area contributed by atoms with Crippen LogP contribution in [0.2, 0.25) is 0 Å². The molecule has 2 rings (SSSR count). The lowest BCUT2D eigenvalue weighted by Crippen LogP contribution is -2.29. The van der Waals surface area contributed by atoms with Crippen molar-refractivity contribution in [1.29, 1.82) is 0 Å². The Morgan fingerprint density at radius 1 is 1.59 bits per heavy atom. The number of nitrogens with zero attached hydrogens (tertiary/aromatic N) is 1. The van der Waals surface area contributed by atoms with Crippen molar-refractivity contribution in [2.45, 2.75) is 31.9 Å². The van der Waals surface area contributed by atoms with E-state index in [4.69, 9.17) is 9.47 Å². The molecule has 17 heavy (non-hydrogen) atoms. The van der Waals surface area contributed by atoms with Gasteiger partial charge in [0.05, 0.1) is 24.9 Å². The summed E-state index contributed by atoms with van der Waals surface area (Å²) < 4.78 is 11.2. The molecule has 1 aliphatic rings. The second kappa shape index (κ2) is 5.98. The van der Waals surface area contributed by atoms with Gasteiger partial charge < -0.3 is 14.8 Å². The molecule has 0 radical (unpaired) electrons. The standard InChI is InChI=1S/C13H20N2O2/c1-3-16-11-7-10(8-15-9-11)13(14-2)12-5-4-6-17-12/h7-9,12-14H,3-6H2,1-2H3. The Balaban J connectivity index is 2.14. The lowest BCUT2D eigenvalue weighted by atomic mass is 10.0. The molecule has 0 aliphatic carbocycles. The van der Waals surface area contributed by atoms with Crippen molar-refractivity contribution in [3.8, 4) is 5.75 Å². The Labute approximate surface area is 102 Å². The molecule has 1 fully saturated rings. The van der Waals surface area contributed by atoms with Crippen molar-refractivity contribution in [3.05, 3.63) is 24.0 Å². The largest absolute Gasteiger partial charge is 0.492 e. The molecule has 0 spiro atoms. The summed E-state index contributed by atoms with van der Waals surface area (Å²) in [5.41, 5.74) is 1.13. The molecule has 94 valence electrons. The first-order valence-corrected chi connectivity index (χ1v) is 6.21. The molecule has 1 saturated heterocycles. The van der Waals surface area contributed by atoms with Crippen LogP contribution in [-0.4, -0.2) is 31.3 Å². The van der Waals surface area contributed by atoms with E-state index in [0.717, 1.165) is 30.8 Å². The predicted octanol–water partition coefficient (Wildman–Crippen LogP) is 1.92. The molecule has 4 nitrogen and oxygen atoms in total. The third-order valence-electron chi connectivity index (χ3n) is 3.05. The van der Waals surface area contributed by atoms with E-state index in [0.29, 0.717) is 6.61 Å². The fourth-order valence-electron chi connectivity index (χ4n) is 2.28. The number of likely N-dealkylation sites (N-methyl/N-ethyl adjacent to an activating group) is 1. The Morgan fingerprint density at radius 2 is 2.47 bits per heavy atom. The topological polar surface area (TPSA) is 43.4 Å². The van der Waals surface area contributed by atoms with E-state index < -0.39 is 0 Å². The number of hydrogen-bond acceptors (Lipinski definition) is 4. The van der Waals surface area contributed by atoms with Gasteiger partial charge in [-0.25, -0.2) is 0 Å². The smallest absolute Gasteiger partial charge is 0.137 e. The average Bonchev–Trinajstić information content (AvgIpc) is 2.85. The van der Waals surface area contributed by atoms with Gasteiger partial charge in [-0.3, -0.25) is 4.98 Å². The van der Waals surface area contributed by atoms with Crippen LogP contribution in [-0.2, 0) is 4.74 Å². The summed E-state index contributed by atoms with van der Waals surface area (Å²) in [6.45, 7) is 3.50. The first-order chi connectivity index (χ1) is 8.35. The quantitative estimate of drug-likeness (QED) is 0.848. The highest BCUT2D eigenvalue weighted by atomic mass is 16.5. The number of ether oxygens (including phenoxy) is 2. The molecular formula is C13H20N2O2. The minimum absolute atomic E-state index is 0.199. The molecule has 0 bridgehead atoms. The van der Waals surface area contributed by atoms with Crippen LogP contribution in [0.1, 0.15) is 31.4 Å². The van der Waals surface area contributed by atoms with Gasteiger partial charge in [0.2, 0.25) is 0 Å². The highest BCUT2D eigenvalue weighted by Gasteiger charge is 2.26. The lowest BCUT2D eigenvalue weighted by molar-refractivity contribution is 0.0806. The normalized spacial score (nSPS) is 21.4. The van der Waals surface area contributed by atoms with Crippen molar-refractivity contribution in [3.63, 3.8) is 0 Å². The fourth-order valence-corrected chi connectivity index (χ4v) is 2.28. The number of pyridine rings is 1. The molecule has 2 unspecified atom stereocenters. The SMILES string of the molecule is CCOc1cncc(C(NC)C2CCCO2)c1. The van der Waals surface area contributed by atoms with Crippen LogP contribution in [0.4, 0.5) is 0 Å². The monoisotopic (exact) mass is 236 g/mol. The highest BCUT2D eigenvalue weighted by molar-refractivity contribution is 5.26. The van der Waals surface area contributed by atoms with Gasteiger partial charge in [-0.05, 0) is 38.4 Å². The zero-order valence-corrected chi connectivity index (χ0v) is 10.5. The van der Waals surface area contributed by atoms with Gasteiger partial charge in [0.1, 0.15) is 5.75 Å². The highest BCUT2D eigenvalue weighted by Crippen LogP contribution is 2.27. The maximum Gasteiger partial charge on any atom is 0.137 e. The molecule has 4 heteroatoms. The molecule has 0 saturated carbocycles. The number of nitrogens with one attached hydrogen (secondary N) is 1. The predicted molar refractivity (Wildman–Crippen MR) is 66.2 cm³/mol. The molecule has 1 N–H and O–H groups in total. The first kappa shape index (κ1) is 12.3. The van der Waals surface area contributed by atoms with Crippen LogP contribution in [0, 0.1) is 0 Å².